The third-order valence-electron chi connectivity index (χ3n) is 2.83. The summed E-state index contributed by atoms with van der Waals surface area (Å²) >= 11 is 1.40. The molecule has 0 saturated carbocycles. The van der Waals surface area contributed by atoms with E-state index in [1.54, 1.807) is 6.07 Å². The fraction of sp³-hybridized carbons (Fsp3) is 0.538. The molecule has 2 aromatic rings. The average Bonchev–Trinajstić information content (AvgIpc) is 2.75. The highest BCUT2D eigenvalue weighted by atomic mass is 32.1. The molecule has 20 heavy (non-hydrogen) atoms. The number of thiophene rings is 1. The zero-order valence-electron chi connectivity index (χ0n) is 11.8. The minimum atomic E-state index is -0.596. The quantitative estimate of drug-likeness (QED) is 0.819. The number of ether oxygens (including phenoxy) is 2. The van der Waals surface area contributed by atoms with Gasteiger partial charge in [0.15, 0.2) is 6.29 Å². The molecule has 0 unspecified atom stereocenters. The molecule has 6 nitrogen and oxygen atoms in total. The zero-order chi connectivity index (χ0) is 14.7. The van der Waals surface area contributed by atoms with E-state index in [1.807, 2.05) is 20.8 Å². The molecule has 0 radical (unpaired) electrons. The second-order valence-electron chi connectivity index (χ2n) is 4.29. The number of hydrogen-bond acceptors (Lipinski definition) is 5. The van der Waals surface area contributed by atoms with E-state index in [0.717, 1.165) is 9.44 Å². The summed E-state index contributed by atoms with van der Waals surface area (Å²) in [5.74, 6) is 0. The Labute approximate surface area is 120 Å². The van der Waals surface area contributed by atoms with Gasteiger partial charge in [-0.15, -0.1) is 11.3 Å². The number of aryl methyl sites for hydroxylation is 1. The summed E-state index contributed by atoms with van der Waals surface area (Å²) in [6, 6.07) is 1.78. The topological polar surface area (TPSA) is 73.3 Å². The molecule has 0 aliphatic heterocycles. The Morgan fingerprint density at radius 2 is 1.95 bits per heavy atom. The van der Waals surface area contributed by atoms with Gasteiger partial charge < -0.3 is 9.47 Å². The van der Waals surface area contributed by atoms with Gasteiger partial charge in [0, 0.05) is 18.1 Å². The summed E-state index contributed by atoms with van der Waals surface area (Å²) in [7, 11) is 0. The van der Waals surface area contributed by atoms with Crippen LogP contribution < -0.4 is 11.2 Å². The molecule has 1 N–H and O–H groups in total. The molecule has 0 aromatic carbocycles. The predicted molar refractivity (Wildman–Crippen MR) is 78.5 cm³/mol. The molecule has 0 spiro atoms. The first kappa shape index (κ1) is 15.0. The number of H-pyrrole nitrogens is 1. The first-order valence-electron chi connectivity index (χ1n) is 6.53. The molecule has 0 aliphatic carbocycles. The Balaban J connectivity index is 2.43. The van der Waals surface area contributed by atoms with Crippen LogP contribution in [-0.4, -0.2) is 29.1 Å². The lowest BCUT2D eigenvalue weighted by atomic mass is 10.3. The largest absolute Gasteiger partial charge is 0.351 e. The maximum Gasteiger partial charge on any atom is 0.329 e. The van der Waals surface area contributed by atoms with Gasteiger partial charge in [-0.2, -0.15) is 0 Å². The molecule has 2 heterocycles. The number of fused-ring (bicyclic) bond motifs is 1. The van der Waals surface area contributed by atoms with E-state index >= 15 is 0 Å². The van der Waals surface area contributed by atoms with Crippen LogP contribution in [0.4, 0.5) is 0 Å². The van der Waals surface area contributed by atoms with Crippen molar-refractivity contribution in [3.8, 4) is 0 Å². The van der Waals surface area contributed by atoms with Gasteiger partial charge in [0.1, 0.15) is 4.83 Å². The molecular formula is C13H18N2O4S. The monoisotopic (exact) mass is 298 g/mol. The van der Waals surface area contributed by atoms with Gasteiger partial charge in [-0.1, -0.05) is 0 Å². The number of aromatic nitrogens is 2. The zero-order valence-corrected chi connectivity index (χ0v) is 12.6. The number of rotatable bonds is 6. The van der Waals surface area contributed by atoms with Gasteiger partial charge in [0.25, 0.3) is 5.56 Å². The lowest BCUT2D eigenvalue weighted by molar-refractivity contribution is -0.144. The van der Waals surface area contributed by atoms with E-state index in [1.165, 1.54) is 11.3 Å². The SMILES string of the molecule is CCOC(Cn1c(=O)[nH]c2sc(C)cc2c1=O)OCC. The number of nitrogens with one attached hydrogen (secondary N) is 1. The molecule has 0 bridgehead atoms. The summed E-state index contributed by atoms with van der Waals surface area (Å²) in [6.07, 6.45) is -0.596. The van der Waals surface area contributed by atoms with Crippen molar-refractivity contribution in [2.24, 2.45) is 0 Å². The second-order valence-corrected chi connectivity index (χ2v) is 5.54. The van der Waals surface area contributed by atoms with Crippen LogP contribution in [0.15, 0.2) is 15.7 Å². The average molecular weight is 298 g/mol. The van der Waals surface area contributed by atoms with Crippen LogP contribution in [0.5, 0.6) is 0 Å². The Hall–Kier alpha value is -1.44. The van der Waals surface area contributed by atoms with E-state index in [4.69, 9.17) is 9.47 Å². The van der Waals surface area contributed by atoms with Gasteiger partial charge in [0.2, 0.25) is 0 Å². The number of hydrogen-bond donors (Lipinski definition) is 1. The maximum absolute atomic E-state index is 12.3. The third-order valence-corrected chi connectivity index (χ3v) is 3.80. The maximum atomic E-state index is 12.3. The van der Waals surface area contributed by atoms with Crippen LogP contribution in [-0.2, 0) is 16.0 Å². The second kappa shape index (κ2) is 6.34. The molecular weight excluding hydrogens is 280 g/mol. The standard InChI is InChI=1S/C13H18N2O4S/c1-4-18-10(19-5-2)7-15-12(16)9-6-8(3)20-11(9)14-13(15)17/h6,10H,4-5,7H2,1-3H3,(H,14,17). The van der Waals surface area contributed by atoms with Crippen molar-refractivity contribution in [1.29, 1.82) is 0 Å². The molecule has 0 saturated heterocycles. The molecule has 0 amide bonds. The third kappa shape index (κ3) is 3.00. The van der Waals surface area contributed by atoms with Crippen molar-refractivity contribution in [2.45, 2.75) is 33.6 Å². The summed E-state index contributed by atoms with van der Waals surface area (Å²) in [5.41, 5.74) is -0.744. The van der Waals surface area contributed by atoms with Crippen LogP contribution in [0, 0.1) is 6.92 Å². The van der Waals surface area contributed by atoms with Crippen LogP contribution in [0.3, 0.4) is 0 Å². The molecule has 110 valence electrons. The van der Waals surface area contributed by atoms with Crippen LogP contribution in [0.1, 0.15) is 18.7 Å². The highest BCUT2D eigenvalue weighted by molar-refractivity contribution is 7.18. The summed E-state index contributed by atoms with van der Waals surface area (Å²) in [6.45, 7) is 6.57. The van der Waals surface area contributed by atoms with Crippen LogP contribution in [0.2, 0.25) is 0 Å². The predicted octanol–water partition coefficient (Wildman–Crippen LogP) is 1.46. The van der Waals surface area contributed by atoms with E-state index in [-0.39, 0.29) is 12.1 Å². The molecule has 2 aromatic heterocycles. The van der Waals surface area contributed by atoms with E-state index < -0.39 is 12.0 Å². The normalized spacial score (nSPS) is 11.6. The van der Waals surface area contributed by atoms with Crippen LogP contribution in [0.25, 0.3) is 10.2 Å². The minimum Gasteiger partial charge on any atom is -0.351 e. The number of nitrogens with zero attached hydrogens (tertiary/aromatic N) is 1. The molecule has 0 atom stereocenters. The Bertz CT molecular complexity index is 694. The van der Waals surface area contributed by atoms with Crippen molar-refractivity contribution in [3.05, 3.63) is 31.8 Å². The van der Waals surface area contributed by atoms with Gasteiger partial charge in [-0.25, -0.2) is 4.79 Å². The number of aromatic amines is 1. The fourth-order valence-corrected chi connectivity index (χ4v) is 2.90. The molecule has 7 heteroatoms. The van der Waals surface area contributed by atoms with Crippen molar-refractivity contribution in [2.75, 3.05) is 13.2 Å². The van der Waals surface area contributed by atoms with Gasteiger partial charge in [0.05, 0.1) is 11.9 Å². The Morgan fingerprint density at radius 3 is 2.55 bits per heavy atom. The lowest BCUT2D eigenvalue weighted by Gasteiger charge is -2.17. The minimum absolute atomic E-state index is 0.0840. The van der Waals surface area contributed by atoms with Gasteiger partial charge in [-0.3, -0.25) is 14.3 Å². The lowest BCUT2D eigenvalue weighted by Crippen LogP contribution is -2.39. The van der Waals surface area contributed by atoms with Gasteiger partial charge in [-0.05, 0) is 26.8 Å². The molecule has 2 rings (SSSR count). The van der Waals surface area contributed by atoms with Crippen LogP contribution >= 0.6 is 11.3 Å². The van der Waals surface area contributed by atoms with Crippen molar-refractivity contribution < 1.29 is 9.47 Å². The highest BCUT2D eigenvalue weighted by Gasteiger charge is 2.15. The Kier molecular flexibility index (Phi) is 4.74. The molecule has 0 aliphatic rings. The highest BCUT2D eigenvalue weighted by Crippen LogP contribution is 2.18. The molecule has 0 fully saturated rings. The fourth-order valence-electron chi connectivity index (χ4n) is 2.01. The summed E-state index contributed by atoms with van der Waals surface area (Å²) in [5, 5.41) is 0.527. The summed E-state index contributed by atoms with van der Waals surface area (Å²) in [4.78, 5) is 28.7. The van der Waals surface area contributed by atoms with E-state index in [2.05, 4.69) is 4.98 Å². The smallest absolute Gasteiger partial charge is 0.329 e. The van der Waals surface area contributed by atoms with E-state index in [0.29, 0.717) is 23.4 Å². The Morgan fingerprint density at radius 1 is 1.30 bits per heavy atom. The van der Waals surface area contributed by atoms with Crippen molar-refractivity contribution >= 4 is 21.6 Å². The van der Waals surface area contributed by atoms with Crippen molar-refractivity contribution in [1.82, 2.24) is 9.55 Å². The summed E-state index contributed by atoms with van der Waals surface area (Å²) < 4.78 is 11.9. The first-order valence-corrected chi connectivity index (χ1v) is 7.35. The van der Waals surface area contributed by atoms with Crippen molar-refractivity contribution in [3.63, 3.8) is 0 Å². The first-order chi connectivity index (χ1) is 9.56. The van der Waals surface area contributed by atoms with Gasteiger partial charge >= 0.3 is 5.69 Å². The van der Waals surface area contributed by atoms with E-state index in [9.17, 15) is 9.59 Å².